The Bertz CT molecular complexity index is 1120. The summed E-state index contributed by atoms with van der Waals surface area (Å²) >= 11 is 0. The molecule has 1 unspecified atom stereocenters. The molecule has 0 aromatic heterocycles. The maximum Gasteiger partial charge on any atom is 0.510 e. The fraction of sp³-hybridized carbons (Fsp3) is 0.522. The highest BCUT2D eigenvalue weighted by Crippen LogP contribution is 2.32. The first-order valence-corrected chi connectivity index (χ1v) is 11.6. The van der Waals surface area contributed by atoms with E-state index < -0.39 is 23.6 Å². The number of benzene rings is 1. The van der Waals surface area contributed by atoms with E-state index in [0.29, 0.717) is 29.7 Å². The predicted octanol–water partition coefficient (Wildman–Crippen LogP) is 3.02. The number of azide groups is 1. The monoisotopic (exact) mass is 499 g/mol. The molecule has 2 N–H and O–H groups in total. The van der Waals surface area contributed by atoms with Crippen molar-refractivity contribution in [1.82, 2.24) is 15.2 Å². The minimum atomic E-state index is -0.769. The summed E-state index contributed by atoms with van der Waals surface area (Å²) in [6.45, 7) is 5.32. The zero-order chi connectivity index (χ0) is 26.5. The van der Waals surface area contributed by atoms with Crippen molar-refractivity contribution >= 4 is 35.4 Å². The molecule has 0 radical (unpaired) electrons. The summed E-state index contributed by atoms with van der Waals surface area (Å²) in [5.74, 6) is -1.47. The normalized spacial score (nSPS) is 17.1. The van der Waals surface area contributed by atoms with Crippen molar-refractivity contribution in [3.63, 3.8) is 0 Å². The molecule has 0 bridgehead atoms. The van der Waals surface area contributed by atoms with Crippen LogP contribution >= 0.6 is 0 Å². The first-order valence-electron chi connectivity index (χ1n) is 11.6. The molecule has 1 saturated heterocycles. The number of nitrogens with one attached hydrogen (secondary N) is 2. The van der Waals surface area contributed by atoms with Gasteiger partial charge in [0.05, 0.1) is 0 Å². The molecule has 36 heavy (non-hydrogen) atoms. The second kappa shape index (κ2) is 11.1. The van der Waals surface area contributed by atoms with Crippen LogP contribution in [-0.4, -0.2) is 57.8 Å². The van der Waals surface area contributed by atoms with Crippen molar-refractivity contribution in [3.8, 4) is 0 Å². The largest absolute Gasteiger partial charge is 0.510 e. The number of piperidine rings is 1. The summed E-state index contributed by atoms with van der Waals surface area (Å²) in [5.41, 5.74) is 9.44. The van der Waals surface area contributed by atoms with E-state index in [-0.39, 0.29) is 50.1 Å². The molecule has 192 valence electrons. The van der Waals surface area contributed by atoms with Crippen LogP contribution in [0, 0.1) is 0 Å². The number of nitrogens with zero attached hydrogens (tertiary/aromatic N) is 5. The molecule has 2 aliphatic heterocycles. The van der Waals surface area contributed by atoms with Crippen LogP contribution in [0.4, 0.5) is 10.5 Å². The Morgan fingerprint density at radius 1 is 1.28 bits per heavy atom. The number of rotatable bonds is 8. The van der Waals surface area contributed by atoms with E-state index in [1.54, 1.807) is 39.0 Å². The number of amides is 5. The van der Waals surface area contributed by atoms with Crippen molar-refractivity contribution in [3.05, 3.63) is 39.8 Å². The molecule has 0 aliphatic carbocycles. The molecular formula is C23H29N7O6. The molecule has 1 aromatic rings. The van der Waals surface area contributed by atoms with Gasteiger partial charge in [0.15, 0.2) is 0 Å². The molecule has 1 aromatic carbocycles. The van der Waals surface area contributed by atoms with Gasteiger partial charge in [0.2, 0.25) is 17.7 Å². The van der Waals surface area contributed by atoms with Gasteiger partial charge < -0.3 is 15.0 Å². The van der Waals surface area contributed by atoms with E-state index in [0.717, 1.165) is 5.01 Å². The Balaban J connectivity index is 1.55. The third-order valence-electron chi connectivity index (χ3n) is 5.63. The number of unbranched alkanes of at least 4 members (excludes halogenated alkanes) is 1. The molecule has 0 spiro atoms. The first kappa shape index (κ1) is 26.5. The average Bonchev–Trinajstić information content (AvgIpc) is 3.12. The van der Waals surface area contributed by atoms with E-state index in [9.17, 15) is 24.0 Å². The number of fused-ring (bicyclic) bond motifs is 1. The van der Waals surface area contributed by atoms with E-state index >= 15 is 0 Å². The van der Waals surface area contributed by atoms with Crippen molar-refractivity contribution < 1.29 is 28.7 Å². The zero-order valence-corrected chi connectivity index (χ0v) is 20.4. The molecule has 2 aliphatic rings. The van der Waals surface area contributed by atoms with Crippen LogP contribution < -0.4 is 10.6 Å². The third kappa shape index (κ3) is 6.51. The smallest absolute Gasteiger partial charge is 0.425 e. The summed E-state index contributed by atoms with van der Waals surface area (Å²) < 4.78 is 5.19. The van der Waals surface area contributed by atoms with Gasteiger partial charge in [-0.25, -0.2) is 0 Å². The molecule has 0 saturated carbocycles. The van der Waals surface area contributed by atoms with Crippen LogP contribution in [0.1, 0.15) is 68.8 Å². The lowest BCUT2D eigenvalue weighted by atomic mass is 10.0. The van der Waals surface area contributed by atoms with E-state index in [2.05, 4.69) is 20.8 Å². The van der Waals surface area contributed by atoms with Gasteiger partial charge in [0.25, 0.3) is 5.91 Å². The van der Waals surface area contributed by atoms with Crippen molar-refractivity contribution in [2.24, 2.45) is 5.22 Å². The lowest BCUT2D eigenvalue weighted by Gasteiger charge is -2.29. The van der Waals surface area contributed by atoms with E-state index in [1.807, 2.05) is 0 Å². The van der Waals surface area contributed by atoms with Gasteiger partial charge in [-0.05, 0) is 57.4 Å². The van der Waals surface area contributed by atoms with Crippen molar-refractivity contribution in [2.45, 2.75) is 71.1 Å². The summed E-state index contributed by atoms with van der Waals surface area (Å²) in [6.07, 6.45) is 0.568. The van der Waals surface area contributed by atoms with E-state index in [1.165, 1.54) is 4.90 Å². The number of anilines is 1. The van der Waals surface area contributed by atoms with Gasteiger partial charge in [-0.15, -0.1) is 10.5 Å². The molecule has 3 rings (SSSR count). The molecule has 5 amide bonds. The topological polar surface area (TPSA) is 174 Å². The zero-order valence-electron chi connectivity index (χ0n) is 20.4. The minimum Gasteiger partial charge on any atom is -0.425 e. The lowest BCUT2D eigenvalue weighted by Crippen LogP contribution is -2.52. The number of hydrogen-bond acceptors (Lipinski definition) is 7. The fourth-order valence-electron chi connectivity index (χ4n) is 4.00. The molecule has 1 fully saturated rings. The van der Waals surface area contributed by atoms with Gasteiger partial charge in [0, 0.05) is 36.2 Å². The molecule has 13 nitrogen and oxygen atoms in total. The third-order valence-corrected chi connectivity index (χ3v) is 5.63. The van der Waals surface area contributed by atoms with Crippen LogP contribution in [0.3, 0.4) is 0 Å². The van der Waals surface area contributed by atoms with Gasteiger partial charge in [-0.3, -0.25) is 24.5 Å². The SMILES string of the molecule is CC(C)(C)OC(=O)N(CCCCC(=O)Nc1cccc2c1CN(C1CCC(=O)NC1=O)C2=O)N=[N+]=[N-]. The highest BCUT2D eigenvalue weighted by atomic mass is 16.6. The summed E-state index contributed by atoms with van der Waals surface area (Å²) in [4.78, 5) is 65.3. The Morgan fingerprint density at radius 3 is 2.69 bits per heavy atom. The van der Waals surface area contributed by atoms with Crippen LogP contribution in [0.2, 0.25) is 0 Å². The molecule has 2 heterocycles. The Hall–Kier alpha value is -4.12. The maximum atomic E-state index is 12.9. The fourth-order valence-corrected chi connectivity index (χ4v) is 4.00. The maximum absolute atomic E-state index is 12.9. The highest BCUT2D eigenvalue weighted by Gasteiger charge is 2.40. The van der Waals surface area contributed by atoms with Crippen LogP contribution in [-0.2, 0) is 25.7 Å². The van der Waals surface area contributed by atoms with E-state index in [4.69, 9.17) is 10.3 Å². The number of carbonyl (C=O) groups excluding carboxylic acids is 5. The van der Waals surface area contributed by atoms with Crippen LogP contribution in [0.5, 0.6) is 0 Å². The van der Waals surface area contributed by atoms with Gasteiger partial charge in [-0.2, -0.15) is 9.71 Å². The molecular weight excluding hydrogens is 470 g/mol. The van der Waals surface area contributed by atoms with Crippen molar-refractivity contribution in [1.29, 1.82) is 0 Å². The second-order valence-corrected chi connectivity index (χ2v) is 9.52. The van der Waals surface area contributed by atoms with Gasteiger partial charge in [-0.1, -0.05) is 6.07 Å². The summed E-state index contributed by atoms with van der Waals surface area (Å²) in [5, 5.41) is 9.30. The van der Waals surface area contributed by atoms with Crippen LogP contribution in [0.25, 0.3) is 10.4 Å². The minimum absolute atomic E-state index is 0.0857. The Morgan fingerprint density at radius 2 is 2.03 bits per heavy atom. The average molecular weight is 500 g/mol. The van der Waals surface area contributed by atoms with Crippen LogP contribution in [0.15, 0.2) is 23.4 Å². The summed E-state index contributed by atoms with van der Waals surface area (Å²) in [7, 11) is 0. The highest BCUT2D eigenvalue weighted by molar-refractivity contribution is 6.06. The quantitative estimate of drug-likeness (QED) is 0.139. The second-order valence-electron chi connectivity index (χ2n) is 9.52. The molecule has 13 heteroatoms. The number of imide groups is 1. The van der Waals surface area contributed by atoms with Gasteiger partial charge in [0.1, 0.15) is 18.2 Å². The van der Waals surface area contributed by atoms with Gasteiger partial charge >= 0.3 is 6.09 Å². The number of carbonyl (C=O) groups is 5. The summed E-state index contributed by atoms with van der Waals surface area (Å²) in [6, 6.07) is 4.23. The predicted molar refractivity (Wildman–Crippen MR) is 127 cm³/mol. The Labute approximate surface area is 207 Å². The number of ether oxygens (including phenoxy) is 1. The lowest BCUT2D eigenvalue weighted by molar-refractivity contribution is -0.137. The Kier molecular flexibility index (Phi) is 8.15. The van der Waals surface area contributed by atoms with Crippen molar-refractivity contribution in [2.75, 3.05) is 11.9 Å². The number of hydrogen-bond donors (Lipinski definition) is 2. The molecule has 1 atom stereocenters. The first-order chi connectivity index (χ1) is 17.0. The standard InChI is InChI=1S/C23H29N7O6/c1-23(2,3)36-22(35)30(28-27-24)12-5-4-9-18(31)25-16-8-6-7-14-15(16)13-29(21(14)34)17-10-11-19(32)26-20(17)33/h6-8,17H,4-5,9-13H2,1-3H3,(H,25,31)(H,26,32,33).